The van der Waals surface area contributed by atoms with Crippen LogP contribution in [0.1, 0.15) is 39.9 Å². The number of aryl methyl sites for hydroxylation is 1. The second-order valence-corrected chi connectivity index (χ2v) is 6.35. The monoisotopic (exact) mass is 343 g/mol. The van der Waals surface area contributed by atoms with Crippen LogP contribution in [0, 0.1) is 6.92 Å². The van der Waals surface area contributed by atoms with Crippen LogP contribution in [0.3, 0.4) is 0 Å². The Bertz CT molecular complexity index is 932. The molecule has 3 rings (SSSR count). The molecule has 3 aromatic carbocycles. The molecular formula is C23H21NO2. The molecule has 0 aliphatic rings. The summed E-state index contributed by atoms with van der Waals surface area (Å²) in [7, 11) is 0. The third-order valence-corrected chi connectivity index (χ3v) is 4.48. The number of nitrogens with one attached hydrogen (secondary N) is 1. The summed E-state index contributed by atoms with van der Waals surface area (Å²) in [5.74, 6) is -0.499. The molecule has 0 aliphatic heterocycles. The Labute approximate surface area is 153 Å². The Hall–Kier alpha value is -3.20. The molecule has 1 amide bonds. The maximum absolute atomic E-state index is 12.6. The number of ketones is 1. The molecule has 0 saturated heterocycles. The maximum Gasteiger partial charge on any atom is 0.231 e. The lowest BCUT2D eigenvalue weighted by Gasteiger charge is -2.15. The number of anilines is 1. The van der Waals surface area contributed by atoms with E-state index >= 15 is 0 Å². The van der Waals surface area contributed by atoms with Gasteiger partial charge in [0.15, 0.2) is 5.78 Å². The van der Waals surface area contributed by atoms with Crippen LogP contribution in [0.4, 0.5) is 5.69 Å². The van der Waals surface area contributed by atoms with Crippen molar-refractivity contribution in [1.29, 1.82) is 0 Å². The van der Waals surface area contributed by atoms with Crippen LogP contribution >= 0.6 is 0 Å². The first-order chi connectivity index (χ1) is 12.6. The zero-order chi connectivity index (χ0) is 18.5. The molecule has 1 N–H and O–H groups in total. The lowest BCUT2D eigenvalue weighted by atomic mass is 9.95. The molecule has 0 aromatic heterocycles. The van der Waals surface area contributed by atoms with E-state index in [0.717, 1.165) is 16.8 Å². The Kier molecular flexibility index (Phi) is 5.28. The molecule has 0 radical (unpaired) electrons. The van der Waals surface area contributed by atoms with Crippen molar-refractivity contribution >= 4 is 17.4 Å². The highest BCUT2D eigenvalue weighted by molar-refractivity contribution is 6.09. The zero-order valence-electron chi connectivity index (χ0n) is 14.9. The second kappa shape index (κ2) is 7.79. The van der Waals surface area contributed by atoms with Gasteiger partial charge in [0.2, 0.25) is 5.91 Å². The summed E-state index contributed by atoms with van der Waals surface area (Å²) in [6.07, 6.45) is 0. The van der Waals surface area contributed by atoms with Gasteiger partial charge < -0.3 is 5.32 Å². The summed E-state index contributed by atoms with van der Waals surface area (Å²) in [5, 5.41) is 2.96. The van der Waals surface area contributed by atoms with Gasteiger partial charge in [-0.2, -0.15) is 0 Å². The van der Waals surface area contributed by atoms with Crippen LogP contribution in [0.2, 0.25) is 0 Å². The topological polar surface area (TPSA) is 46.2 Å². The van der Waals surface area contributed by atoms with E-state index in [9.17, 15) is 9.59 Å². The van der Waals surface area contributed by atoms with Gasteiger partial charge >= 0.3 is 0 Å². The zero-order valence-corrected chi connectivity index (χ0v) is 14.9. The first-order valence-corrected chi connectivity index (χ1v) is 8.62. The Morgan fingerprint density at radius 1 is 0.808 bits per heavy atom. The van der Waals surface area contributed by atoms with Crippen molar-refractivity contribution in [3.05, 3.63) is 101 Å². The summed E-state index contributed by atoms with van der Waals surface area (Å²) < 4.78 is 0. The van der Waals surface area contributed by atoms with E-state index < -0.39 is 0 Å². The molecule has 3 aromatic rings. The van der Waals surface area contributed by atoms with Gasteiger partial charge in [-0.1, -0.05) is 66.7 Å². The van der Waals surface area contributed by atoms with Gasteiger partial charge in [0, 0.05) is 16.8 Å². The number of benzene rings is 3. The normalized spacial score (nSPS) is 11.6. The molecule has 0 saturated carbocycles. The lowest BCUT2D eigenvalue weighted by Crippen LogP contribution is -2.19. The Balaban J connectivity index is 1.80. The van der Waals surface area contributed by atoms with Gasteiger partial charge in [0.1, 0.15) is 0 Å². The number of amides is 1. The summed E-state index contributed by atoms with van der Waals surface area (Å²) in [5.41, 5.74) is 3.87. The fourth-order valence-electron chi connectivity index (χ4n) is 2.81. The van der Waals surface area contributed by atoms with E-state index in [1.165, 1.54) is 0 Å². The average molecular weight is 343 g/mol. The van der Waals surface area contributed by atoms with Gasteiger partial charge in [0.25, 0.3) is 0 Å². The third-order valence-electron chi connectivity index (χ3n) is 4.48. The predicted octanol–water partition coefficient (Wildman–Crippen LogP) is 4.97. The Morgan fingerprint density at radius 3 is 2.19 bits per heavy atom. The molecule has 0 unspecified atom stereocenters. The summed E-state index contributed by atoms with van der Waals surface area (Å²) >= 11 is 0. The van der Waals surface area contributed by atoms with E-state index in [0.29, 0.717) is 11.1 Å². The average Bonchev–Trinajstić information content (AvgIpc) is 2.69. The quantitative estimate of drug-likeness (QED) is 0.665. The molecule has 130 valence electrons. The summed E-state index contributed by atoms with van der Waals surface area (Å²) in [6.45, 7) is 3.80. The van der Waals surface area contributed by atoms with Gasteiger partial charge in [-0.15, -0.1) is 0 Å². The van der Waals surface area contributed by atoms with Crippen molar-refractivity contribution in [3.8, 4) is 0 Å². The number of rotatable bonds is 5. The molecular weight excluding hydrogens is 322 g/mol. The molecule has 0 spiro atoms. The minimum absolute atomic E-state index is 0.0426. The molecule has 0 fully saturated rings. The van der Waals surface area contributed by atoms with Gasteiger partial charge in [-0.25, -0.2) is 0 Å². The maximum atomic E-state index is 12.6. The molecule has 26 heavy (non-hydrogen) atoms. The van der Waals surface area contributed by atoms with E-state index in [-0.39, 0.29) is 17.6 Å². The van der Waals surface area contributed by atoms with Gasteiger partial charge in [-0.3, -0.25) is 9.59 Å². The van der Waals surface area contributed by atoms with E-state index in [1.807, 2.05) is 68.4 Å². The smallest absolute Gasteiger partial charge is 0.231 e. The first-order valence-electron chi connectivity index (χ1n) is 8.62. The van der Waals surface area contributed by atoms with Crippen molar-refractivity contribution < 1.29 is 9.59 Å². The fourth-order valence-corrected chi connectivity index (χ4v) is 2.81. The van der Waals surface area contributed by atoms with Crippen LogP contribution in [-0.2, 0) is 4.79 Å². The van der Waals surface area contributed by atoms with Crippen LogP contribution in [0.25, 0.3) is 0 Å². The fraction of sp³-hybridized carbons (Fsp3) is 0.130. The standard InChI is InChI=1S/C23H21NO2/c1-16-9-6-7-14-21(16)24-23(26)17(2)19-12-8-13-20(15-19)22(25)18-10-4-3-5-11-18/h3-15,17H,1-2H3,(H,24,26)/t17-/m1/s1. The third kappa shape index (κ3) is 3.89. The molecule has 1 atom stereocenters. The van der Waals surface area contributed by atoms with Gasteiger partial charge in [-0.05, 0) is 37.1 Å². The number of hydrogen-bond acceptors (Lipinski definition) is 2. The predicted molar refractivity (Wildman–Crippen MR) is 105 cm³/mol. The lowest BCUT2D eigenvalue weighted by molar-refractivity contribution is -0.117. The second-order valence-electron chi connectivity index (χ2n) is 6.35. The van der Waals surface area contributed by atoms with Crippen molar-refractivity contribution in [2.45, 2.75) is 19.8 Å². The van der Waals surface area contributed by atoms with Crippen molar-refractivity contribution in [3.63, 3.8) is 0 Å². The van der Waals surface area contributed by atoms with E-state index in [4.69, 9.17) is 0 Å². The van der Waals surface area contributed by atoms with Crippen molar-refractivity contribution in [2.24, 2.45) is 0 Å². The van der Waals surface area contributed by atoms with Crippen LogP contribution in [0.15, 0.2) is 78.9 Å². The number of carbonyl (C=O) groups excluding carboxylic acids is 2. The molecule has 0 bridgehead atoms. The minimum Gasteiger partial charge on any atom is -0.325 e. The molecule has 0 heterocycles. The van der Waals surface area contributed by atoms with E-state index in [1.54, 1.807) is 24.3 Å². The highest BCUT2D eigenvalue weighted by atomic mass is 16.2. The number of carbonyl (C=O) groups is 2. The van der Waals surface area contributed by atoms with Crippen LogP contribution in [0.5, 0.6) is 0 Å². The SMILES string of the molecule is Cc1ccccc1NC(=O)[C@H](C)c1cccc(C(=O)c2ccccc2)c1. The largest absolute Gasteiger partial charge is 0.325 e. The number of para-hydroxylation sites is 1. The highest BCUT2D eigenvalue weighted by Gasteiger charge is 2.18. The van der Waals surface area contributed by atoms with Crippen molar-refractivity contribution in [2.75, 3.05) is 5.32 Å². The van der Waals surface area contributed by atoms with Crippen LogP contribution in [-0.4, -0.2) is 11.7 Å². The molecule has 3 nitrogen and oxygen atoms in total. The molecule has 0 aliphatic carbocycles. The molecule has 3 heteroatoms. The summed E-state index contributed by atoms with van der Waals surface area (Å²) in [4.78, 5) is 25.2. The van der Waals surface area contributed by atoms with E-state index in [2.05, 4.69) is 5.32 Å². The van der Waals surface area contributed by atoms with Crippen molar-refractivity contribution in [1.82, 2.24) is 0 Å². The number of hydrogen-bond donors (Lipinski definition) is 1. The van der Waals surface area contributed by atoms with Crippen LogP contribution < -0.4 is 5.32 Å². The summed E-state index contributed by atoms with van der Waals surface area (Å²) in [6, 6.07) is 24.1. The minimum atomic E-state index is -0.363. The van der Waals surface area contributed by atoms with Gasteiger partial charge in [0.05, 0.1) is 5.92 Å². The highest BCUT2D eigenvalue weighted by Crippen LogP contribution is 2.22. The Morgan fingerprint density at radius 2 is 1.46 bits per heavy atom. The first kappa shape index (κ1) is 17.6.